The largest absolute Gasteiger partial charge is 0.465 e. The first-order valence-electron chi connectivity index (χ1n) is 8.33. The zero-order valence-electron chi connectivity index (χ0n) is 15.0. The molecule has 0 atom stereocenters. The van der Waals surface area contributed by atoms with Gasteiger partial charge in [0.05, 0.1) is 17.6 Å². The number of carbonyl (C=O) groups excluding carboxylic acids is 1. The number of carbonyl (C=O) groups is 1. The number of benzene rings is 2. The number of nitrogens with one attached hydrogen (secondary N) is 1. The van der Waals surface area contributed by atoms with Crippen LogP contribution in [0.1, 0.15) is 22.3 Å². The molecule has 6 nitrogen and oxygen atoms in total. The van der Waals surface area contributed by atoms with Gasteiger partial charge in [-0.2, -0.15) is 0 Å². The highest BCUT2D eigenvalue weighted by Crippen LogP contribution is 2.12. The Morgan fingerprint density at radius 2 is 1.85 bits per heavy atom. The quantitative estimate of drug-likeness (QED) is 0.537. The normalized spacial score (nSPS) is 11.5. The molecule has 0 fully saturated rings. The van der Waals surface area contributed by atoms with Crippen molar-refractivity contribution in [3.63, 3.8) is 0 Å². The minimum Gasteiger partial charge on any atom is -0.465 e. The van der Waals surface area contributed by atoms with Gasteiger partial charge in [-0.15, -0.1) is 0 Å². The lowest BCUT2D eigenvalue weighted by molar-refractivity contribution is 0.0600. The molecular weight excluding hydrogens is 352 g/mol. The van der Waals surface area contributed by atoms with Crippen LogP contribution in [0.5, 0.6) is 0 Å². The van der Waals surface area contributed by atoms with Gasteiger partial charge in [-0.05, 0) is 43.8 Å². The summed E-state index contributed by atoms with van der Waals surface area (Å²) in [5, 5.41) is 0. The molecule has 0 radical (unpaired) electrons. The molecule has 7 heteroatoms. The van der Waals surface area contributed by atoms with Crippen molar-refractivity contribution in [2.75, 3.05) is 27.2 Å². The molecule has 0 aliphatic carbocycles. The van der Waals surface area contributed by atoms with E-state index in [1.807, 2.05) is 25.2 Å². The van der Waals surface area contributed by atoms with E-state index in [0.29, 0.717) is 13.0 Å². The summed E-state index contributed by atoms with van der Waals surface area (Å²) < 4.78 is 31.9. The molecule has 2 rings (SSSR count). The van der Waals surface area contributed by atoms with E-state index in [2.05, 4.69) is 26.5 Å². The minimum atomic E-state index is -3.66. The SMILES string of the molecule is COC(=O)c1cccc(S(=O)(=O)NCCCN(C)Cc2ccccc2)c1. The van der Waals surface area contributed by atoms with Crippen LogP contribution in [-0.4, -0.2) is 46.5 Å². The summed E-state index contributed by atoms with van der Waals surface area (Å²) in [5.74, 6) is -0.565. The van der Waals surface area contributed by atoms with E-state index in [0.717, 1.165) is 13.1 Å². The second kappa shape index (κ2) is 9.47. The van der Waals surface area contributed by atoms with Crippen LogP contribution in [0.3, 0.4) is 0 Å². The summed E-state index contributed by atoms with van der Waals surface area (Å²) in [4.78, 5) is 13.7. The van der Waals surface area contributed by atoms with Crippen molar-refractivity contribution in [3.8, 4) is 0 Å². The maximum Gasteiger partial charge on any atom is 0.337 e. The molecule has 0 aliphatic rings. The van der Waals surface area contributed by atoms with Crippen molar-refractivity contribution in [1.82, 2.24) is 9.62 Å². The van der Waals surface area contributed by atoms with Crippen LogP contribution < -0.4 is 4.72 Å². The number of rotatable bonds is 9. The zero-order valence-corrected chi connectivity index (χ0v) is 15.8. The molecular formula is C19H24N2O4S. The third-order valence-electron chi connectivity index (χ3n) is 3.87. The van der Waals surface area contributed by atoms with E-state index in [1.54, 1.807) is 0 Å². The molecule has 0 bridgehead atoms. The molecule has 2 aromatic carbocycles. The number of hydrogen-bond donors (Lipinski definition) is 1. The van der Waals surface area contributed by atoms with Crippen LogP contribution in [-0.2, 0) is 21.3 Å². The first-order valence-corrected chi connectivity index (χ1v) is 9.81. The molecule has 0 aliphatic heterocycles. The van der Waals surface area contributed by atoms with E-state index < -0.39 is 16.0 Å². The van der Waals surface area contributed by atoms with Crippen LogP contribution in [0.4, 0.5) is 0 Å². The van der Waals surface area contributed by atoms with E-state index in [4.69, 9.17) is 0 Å². The molecule has 2 aromatic rings. The zero-order chi connectivity index (χ0) is 19.0. The standard InChI is InChI=1S/C19H24N2O4S/c1-21(15-16-8-4-3-5-9-16)13-7-12-20-26(23,24)18-11-6-10-17(14-18)19(22)25-2/h3-6,8-11,14,20H,7,12-13,15H2,1-2H3. The summed E-state index contributed by atoms with van der Waals surface area (Å²) in [6, 6.07) is 15.9. The molecule has 140 valence electrons. The second-order valence-corrected chi connectivity index (χ2v) is 7.76. The Kier molecular flexibility index (Phi) is 7.32. The highest BCUT2D eigenvalue weighted by Gasteiger charge is 2.16. The van der Waals surface area contributed by atoms with Gasteiger partial charge < -0.3 is 9.64 Å². The van der Waals surface area contributed by atoms with Gasteiger partial charge in [0.25, 0.3) is 0 Å². The van der Waals surface area contributed by atoms with Crippen LogP contribution in [0.25, 0.3) is 0 Å². The number of sulfonamides is 1. The van der Waals surface area contributed by atoms with Gasteiger partial charge in [-0.3, -0.25) is 0 Å². The van der Waals surface area contributed by atoms with E-state index in [-0.39, 0.29) is 10.5 Å². The molecule has 0 unspecified atom stereocenters. The summed E-state index contributed by atoms with van der Waals surface area (Å²) in [6.45, 7) is 1.90. The Labute approximate surface area is 154 Å². The predicted octanol–water partition coefficient (Wildman–Crippen LogP) is 2.27. The maximum absolute atomic E-state index is 12.4. The monoisotopic (exact) mass is 376 g/mol. The molecule has 1 N–H and O–H groups in total. The van der Waals surface area contributed by atoms with Gasteiger partial charge in [0, 0.05) is 13.1 Å². The molecule has 0 amide bonds. The van der Waals surface area contributed by atoms with Gasteiger partial charge in [-0.1, -0.05) is 36.4 Å². The van der Waals surface area contributed by atoms with Crippen molar-refractivity contribution in [2.24, 2.45) is 0 Å². The molecule has 0 saturated carbocycles. The molecule has 0 aromatic heterocycles. The number of methoxy groups -OCH3 is 1. The van der Waals surface area contributed by atoms with Gasteiger partial charge in [0.2, 0.25) is 10.0 Å². The van der Waals surface area contributed by atoms with Gasteiger partial charge >= 0.3 is 5.97 Å². The third kappa shape index (κ3) is 5.94. The molecule has 0 heterocycles. The van der Waals surface area contributed by atoms with Crippen LogP contribution in [0.2, 0.25) is 0 Å². The number of ether oxygens (including phenoxy) is 1. The second-order valence-electron chi connectivity index (χ2n) is 5.99. The fraction of sp³-hybridized carbons (Fsp3) is 0.316. The summed E-state index contributed by atoms with van der Waals surface area (Å²) in [7, 11) is -0.399. The van der Waals surface area contributed by atoms with Crippen molar-refractivity contribution in [2.45, 2.75) is 17.9 Å². The fourth-order valence-corrected chi connectivity index (χ4v) is 3.64. The van der Waals surface area contributed by atoms with Gasteiger partial charge in [0.1, 0.15) is 0 Å². The van der Waals surface area contributed by atoms with E-state index >= 15 is 0 Å². The van der Waals surface area contributed by atoms with Crippen molar-refractivity contribution >= 4 is 16.0 Å². The summed E-state index contributed by atoms with van der Waals surface area (Å²) in [5.41, 5.74) is 1.42. The lowest BCUT2D eigenvalue weighted by atomic mass is 10.2. The first-order chi connectivity index (χ1) is 12.4. The lowest BCUT2D eigenvalue weighted by Gasteiger charge is -2.16. The van der Waals surface area contributed by atoms with Crippen LogP contribution >= 0.6 is 0 Å². The Bertz CT molecular complexity index is 822. The van der Waals surface area contributed by atoms with E-state index in [9.17, 15) is 13.2 Å². The number of nitrogens with zero attached hydrogens (tertiary/aromatic N) is 1. The van der Waals surface area contributed by atoms with Gasteiger partial charge in [0.15, 0.2) is 0 Å². The van der Waals surface area contributed by atoms with Crippen molar-refractivity contribution in [1.29, 1.82) is 0 Å². The first kappa shape index (κ1) is 20.1. The average molecular weight is 376 g/mol. The highest BCUT2D eigenvalue weighted by atomic mass is 32.2. The Morgan fingerprint density at radius 3 is 2.54 bits per heavy atom. The van der Waals surface area contributed by atoms with Gasteiger partial charge in [-0.25, -0.2) is 17.9 Å². The fourth-order valence-electron chi connectivity index (χ4n) is 2.52. The van der Waals surface area contributed by atoms with Crippen LogP contribution in [0.15, 0.2) is 59.5 Å². The predicted molar refractivity (Wildman–Crippen MR) is 100 cm³/mol. The van der Waals surface area contributed by atoms with E-state index in [1.165, 1.54) is 36.9 Å². The molecule has 26 heavy (non-hydrogen) atoms. The van der Waals surface area contributed by atoms with Crippen molar-refractivity contribution < 1.29 is 17.9 Å². The Morgan fingerprint density at radius 1 is 1.12 bits per heavy atom. The molecule has 0 saturated heterocycles. The lowest BCUT2D eigenvalue weighted by Crippen LogP contribution is -2.28. The topological polar surface area (TPSA) is 75.7 Å². The maximum atomic E-state index is 12.4. The Hall–Kier alpha value is -2.22. The molecule has 0 spiro atoms. The summed E-state index contributed by atoms with van der Waals surface area (Å²) in [6.07, 6.45) is 0.680. The number of esters is 1. The Balaban J connectivity index is 1.84. The third-order valence-corrected chi connectivity index (χ3v) is 5.33. The summed E-state index contributed by atoms with van der Waals surface area (Å²) >= 11 is 0. The van der Waals surface area contributed by atoms with Crippen molar-refractivity contribution in [3.05, 3.63) is 65.7 Å². The van der Waals surface area contributed by atoms with Crippen LogP contribution in [0, 0.1) is 0 Å². The average Bonchev–Trinajstić information content (AvgIpc) is 2.65. The minimum absolute atomic E-state index is 0.0537. The highest BCUT2D eigenvalue weighted by molar-refractivity contribution is 7.89. The number of hydrogen-bond acceptors (Lipinski definition) is 5. The smallest absolute Gasteiger partial charge is 0.337 e.